The van der Waals surface area contributed by atoms with Crippen LogP contribution in [0.15, 0.2) is 47.5 Å². The van der Waals surface area contributed by atoms with Gasteiger partial charge in [-0.2, -0.15) is 0 Å². The van der Waals surface area contributed by atoms with Crippen molar-refractivity contribution in [2.75, 3.05) is 26.1 Å². The van der Waals surface area contributed by atoms with E-state index in [-0.39, 0.29) is 5.84 Å². The number of ether oxygens (including phenoxy) is 1. The highest BCUT2D eigenvalue weighted by molar-refractivity contribution is 7.80. The molecule has 0 unspecified atom stereocenters. The second-order valence-corrected chi connectivity index (χ2v) is 6.92. The summed E-state index contributed by atoms with van der Waals surface area (Å²) in [5.74, 6) is 0.662. The number of Topliss-reactive ketones (excluding diaryl/α,β-unsaturated/α-hetero) is 1. The van der Waals surface area contributed by atoms with Crippen LogP contribution < -0.4 is 4.74 Å². The molecule has 0 aliphatic heterocycles. The summed E-state index contributed by atoms with van der Waals surface area (Å²) in [6, 6.07) is 12.9. The van der Waals surface area contributed by atoms with E-state index in [1.165, 1.54) is 16.7 Å². The van der Waals surface area contributed by atoms with Crippen LogP contribution in [0.3, 0.4) is 0 Å². The Balaban J connectivity index is 0.000000308. The average Bonchev–Trinajstić information content (AvgIpc) is 2.74. The Labute approximate surface area is 179 Å². The Morgan fingerprint density at radius 2 is 1.86 bits per heavy atom. The second-order valence-electron chi connectivity index (χ2n) is 6.67. The van der Waals surface area contributed by atoms with E-state index in [4.69, 9.17) is 10.1 Å². The molecule has 0 saturated carbocycles. The Kier molecular flexibility index (Phi) is 10.9. The molecule has 0 aliphatic carbocycles. The van der Waals surface area contributed by atoms with Crippen LogP contribution >= 0.6 is 12.6 Å². The molecule has 0 atom stereocenters. The molecular formula is C23H31N3O2S. The first-order chi connectivity index (χ1) is 13.8. The Hall–Kier alpha value is -2.44. The minimum atomic E-state index is -0.398. The molecule has 0 amide bonds. The summed E-state index contributed by atoms with van der Waals surface area (Å²) >= 11 is 4.09. The second kappa shape index (κ2) is 12.9. The zero-order chi connectivity index (χ0) is 21.8. The quantitative estimate of drug-likeness (QED) is 0.218. The number of hydrogen-bond donors (Lipinski definition) is 2. The highest BCUT2D eigenvalue weighted by atomic mass is 32.1. The van der Waals surface area contributed by atoms with Gasteiger partial charge >= 0.3 is 0 Å². The first-order valence-electron chi connectivity index (χ1n) is 9.51. The molecule has 0 bridgehead atoms. The number of nitrogens with zero attached hydrogens (tertiary/aromatic N) is 2. The van der Waals surface area contributed by atoms with E-state index < -0.39 is 5.78 Å². The number of benzene rings is 2. The van der Waals surface area contributed by atoms with Crippen molar-refractivity contribution in [2.45, 2.75) is 27.2 Å². The lowest BCUT2D eigenvalue weighted by Crippen LogP contribution is -2.20. The maximum Gasteiger partial charge on any atom is 0.229 e. The van der Waals surface area contributed by atoms with Crippen LogP contribution in [0.25, 0.3) is 0 Å². The first kappa shape index (κ1) is 24.6. The maximum atomic E-state index is 11.2. The normalized spacial score (nSPS) is 10.1. The zero-order valence-electron chi connectivity index (χ0n) is 17.7. The molecule has 2 rings (SSSR count). The molecule has 2 aromatic rings. The van der Waals surface area contributed by atoms with Crippen molar-refractivity contribution in [2.24, 2.45) is 4.99 Å². The van der Waals surface area contributed by atoms with Crippen molar-refractivity contribution in [3.05, 3.63) is 64.7 Å². The fraction of sp³-hybridized carbons (Fsp3) is 0.348. The van der Waals surface area contributed by atoms with Gasteiger partial charge in [0.15, 0.2) is 5.84 Å². The van der Waals surface area contributed by atoms with Crippen molar-refractivity contribution >= 4 is 31.0 Å². The number of carbonyl (C=O) groups excluding carboxylic acids is 1. The van der Waals surface area contributed by atoms with Crippen LogP contribution in [0, 0.1) is 19.3 Å². The van der Waals surface area contributed by atoms with Gasteiger partial charge in [-0.1, -0.05) is 43.3 Å². The number of likely N-dealkylation sites (N-methyl/N-ethyl adjacent to an activating group) is 1. The van der Waals surface area contributed by atoms with E-state index in [2.05, 4.69) is 69.2 Å². The van der Waals surface area contributed by atoms with Gasteiger partial charge in [0.25, 0.3) is 0 Å². The first-order valence-corrected chi connectivity index (χ1v) is 10.1. The topological polar surface area (TPSA) is 65.8 Å². The Morgan fingerprint density at radius 1 is 1.21 bits per heavy atom. The fourth-order valence-electron chi connectivity index (χ4n) is 2.61. The van der Waals surface area contributed by atoms with Gasteiger partial charge < -0.3 is 9.64 Å². The number of amidine groups is 1. The van der Waals surface area contributed by atoms with Crippen LogP contribution in [-0.2, 0) is 6.42 Å². The van der Waals surface area contributed by atoms with Gasteiger partial charge in [0, 0.05) is 12.1 Å². The van der Waals surface area contributed by atoms with E-state index in [1.807, 2.05) is 6.07 Å². The number of ketones is 1. The molecule has 0 fully saturated rings. The minimum Gasteiger partial charge on any atom is -0.483 e. The lowest BCUT2D eigenvalue weighted by molar-refractivity contribution is 0.106. The van der Waals surface area contributed by atoms with Crippen LogP contribution in [0.2, 0.25) is 0 Å². The van der Waals surface area contributed by atoms with Crippen LogP contribution in [0.5, 0.6) is 5.75 Å². The van der Waals surface area contributed by atoms with Crippen LogP contribution in [0.1, 0.15) is 34.0 Å². The smallest absolute Gasteiger partial charge is 0.229 e. The van der Waals surface area contributed by atoms with Crippen molar-refractivity contribution in [1.29, 1.82) is 5.41 Å². The highest BCUT2D eigenvalue weighted by Gasteiger charge is 2.09. The number of hydrogen-bond acceptors (Lipinski definition) is 5. The molecule has 2 aromatic carbocycles. The predicted octanol–water partition coefficient (Wildman–Crippen LogP) is 4.61. The standard InChI is InChI=1S/C14H23NOS.C9H8N2O/c1-5-15(4)7-6-13-8-12(3)14(16-10-17)9-11(13)2;1-11-9(10)8(12)7-5-3-2-4-6-7/h8-9,17H,5-7,10H2,1-4H3;2-6,10H,1H2. The molecule has 0 aromatic heterocycles. The molecule has 5 nitrogen and oxygen atoms in total. The molecule has 0 heterocycles. The number of rotatable bonds is 8. The van der Waals surface area contributed by atoms with Crippen molar-refractivity contribution in [3.8, 4) is 5.75 Å². The highest BCUT2D eigenvalue weighted by Crippen LogP contribution is 2.23. The molecule has 29 heavy (non-hydrogen) atoms. The summed E-state index contributed by atoms with van der Waals surface area (Å²) in [6.45, 7) is 11.7. The summed E-state index contributed by atoms with van der Waals surface area (Å²) in [6.07, 6.45) is 1.10. The van der Waals surface area contributed by atoms with Crippen LogP contribution in [0.4, 0.5) is 0 Å². The van der Waals surface area contributed by atoms with Crippen LogP contribution in [-0.4, -0.2) is 49.3 Å². The number of carbonyl (C=O) groups is 1. The summed E-state index contributed by atoms with van der Waals surface area (Å²) in [7, 11) is 2.15. The van der Waals surface area contributed by atoms with E-state index in [0.717, 1.165) is 25.3 Å². The number of aryl methyl sites for hydroxylation is 2. The molecule has 0 radical (unpaired) electrons. The third kappa shape index (κ3) is 8.21. The third-order valence-electron chi connectivity index (χ3n) is 4.57. The van der Waals surface area contributed by atoms with Crippen molar-refractivity contribution in [1.82, 2.24) is 4.90 Å². The van der Waals surface area contributed by atoms with Gasteiger partial charge in [0.2, 0.25) is 5.78 Å². The van der Waals surface area contributed by atoms with Gasteiger partial charge in [0.1, 0.15) is 11.7 Å². The average molecular weight is 414 g/mol. The molecular weight excluding hydrogens is 382 g/mol. The van der Waals surface area contributed by atoms with Gasteiger partial charge in [-0.3, -0.25) is 10.2 Å². The third-order valence-corrected chi connectivity index (χ3v) is 4.69. The van der Waals surface area contributed by atoms with E-state index in [9.17, 15) is 4.79 Å². The van der Waals surface area contributed by atoms with Gasteiger partial charge in [0.05, 0.1) is 0 Å². The van der Waals surface area contributed by atoms with E-state index in [1.54, 1.807) is 24.3 Å². The predicted molar refractivity (Wildman–Crippen MR) is 125 cm³/mol. The summed E-state index contributed by atoms with van der Waals surface area (Å²) in [5.41, 5.74) is 4.37. The number of thiol groups is 1. The molecule has 0 saturated heterocycles. The number of aliphatic imine (C=N–C) groups is 1. The number of nitrogens with one attached hydrogen (secondary N) is 1. The fourth-order valence-corrected chi connectivity index (χ4v) is 2.75. The lowest BCUT2D eigenvalue weighted by atomic mass is 10.0. The molecule has 156 valence electrons. The molecule has 6 heteroatoms. The van der Waals surface area contributed by atoms with Gasteiger partial charge in [-0.15, -0.1) is 12.6 Å². The molecule has 1 N–H and O–H groups in total. The largest absolute Gasteiger partial charge is 0.483 e. The van der Waals surface area contributed by atoms with Crippen molar-refractivity contribution < 1.29 is 9.53 Å². The zero-order valence-corrected chi connectivity index (χ0v) is 18.6. The molecule has 0 spiro atoms. The maximum absolute atomic E-state index is 11.2. The minimum absolute atomic E-state index is 0.318. The Bertz CT molecular complexity index is 822. The monoisotopic (exact) mass is 413 g/mol. The van der Waals surface area contributed by atoms with Gasteiger partial charge in [-0.25, -0.2) is 4.99 Å². The molecule has 0 aliphatic rings. The summed E-state index contributed by atoms with van der Waals surface area (Å²) in [5, 5.41) is 7.10. The summed E-state index contributed by atoms with van der Waals surface area (Å²) < 4.78 is 5.47. The van der Waals surface area contributed by atoms with Gasteiger partial charge in [-0.05, 0) is 63.3 Å². The summed E-state index contributed by atoms with van der Waals surface area (Å²) in [4.78, 5) is 16.8. The van der Waals surface area contributed by atoms with E-state index >= 15 is 0 Å². The Morgan fingerprint density at radius 3 is 2.41 bits per heavy atom. The SMILES string of the molecule is C=NC(=N)C(=O)c1ccccc1.CCN(C)CCc1cc(C)c(OCS)cc1C. The van der Waals surface area contributed by atoms with E-state index in [0.29, 0.717) is 11.5 Å². The van der Waals surface area contributed by atoms with Crippen molar-refractivity contribution in [3.63, 3.8) is 0 Å². The lowest BCUT2D eigenvalue weighted by Gasteiger charge is -2.16.